The maximum absolute atomic E-state index is 12.5. The molecule has 0 saturated carbocycles. The first-order valence-electron chi connectivity index (χ1n) is 5.96. The van der Waals surface area contributed by atoms with E-state index >= 15 is 0 Å². The number of nitrogens with two attached hydrogens (primary N) is 1. The number of alkyl halides is 3. The predicted molar refractivity (Wildman–Crippen MR) is 67.6 cm³/mol. The van der Waals surface area contributed by atoms with E-state index in [0.717, 1.165) is 12.1 Å². The fourth-order valence-electron chi connectivity index (χ4n) is 1.65. The molecule has 1 rings (SSSR count). The van der Waals surface area contributed by atoms with Crippen molar-refractivity contribution in [2.75, 3.05) is 0 Å². The average molecular weight is 273 g/mol. The van der Waals surface area contributed by atoms with Crippen LogP contribution in [0.2, 0.25) is 0 Å². The topological polar surface area (TPSA) is 43.1 Å². The Hall–Kier alpha value is -1.36. The second-order valence-electron chi connectivity index (χ2n) is 5.68. The summed E-state index contributed by atoms with van der Waals surface area (Å²) in [7, 11) is 0. The van der Waals surface area contributed by atoms with E-state index in [1.807, 2.05) is 20.8 Å². The van der Waals surface area contributed by atoms with Crippen LogP contribution in [-0.2, 0) is 17.4 Å². The number of rotatable bonds is 3. The number of ketones is 1. The second kappa shape index (κ2) is 5.33. The zero-order valence-corrected chi connectivity index (χ0v) is 11.2. The Bertz CT molecular complexity index is 460. The third-order valence-corrected chi connectivity index (χ3v) is 2.91. The monoisotopic (exact) mass is 273 g/mol. The molecule has 0 saturated heterocycles. The lowest BCUT2D eigenvalue weighted by Crippen LogP contribution is -2.43. The first-order valence-corrected chi connectivity index (χ1v) is 5.96. The molecule has 0 aliphatic carbocycles. The van der Waals surface area contributed by atoms with Crippen LogP contribution in [0.25, 0.3) is 0 Å². The summed E-state index contributed by atoms with van der Waals surface area (Å²) in [5.74, 6) is -0.258. The molecule has 106 valence electrons. The summed E-state index contributed by atoms with van der Waals surface area (Å²) in [4.78, 5) is 11.9. The summed E-state index contributed by atoms with van der Waals surface area (Å²) in [6.07, 6.45) is -4.48. The Labute approximate surface area is 110 Å². The van der Waals surface area contributed by atoms with E-state index in [1.165, 1.54) is 12.1 Å². The standard InChI is InChI=1S/C14H18F3NO/c1-13(2,3)12(18)11(19)8-9-5-4-6-10(7-9)14(15,16)17/h4-7,12H,8,18H2,1-3H3. The van der Waals surface area contributed by atoms with Crippen LogP contribution in [0.5, 0.6) is 0 Å². The molecule has 2 N–H and O–H groups in total. The fraction of sp³-hybridized carbons (Fsp3) is 0.500. The maximum atomic E-state index is 12.5. The molecule has 0 radical (unpaired) electrons. The van der Waals surface area contributed by atoms with Crippen LogP contribution >= 0.6 is 0 Å². The van der Waals surface area contributed by atoms with Crippen molar-refractivity contribution in [2.45, 2.75) is 39.4 Å². The van der Waals surface area contributed by atoms with Gasteiger partial charge in [0.2, 0.25) is 0 Å². The molecule has 0 bridgehead atoms. The van der Waals surface area contributed by atoms with E-state index in [-0.39, 0.29) is 12.2 Å². The molecule has 0 aromatic heterocycles. The van der Waals surface area contributed by atoms with E-state index in [0.29, 0.717) is 5.56 Å². The number of hydrogen-bond donors (Lipinski definition) is 1. The van der Waals surface area contributed by atoms with Gasteiger partial charge in [0, 0.05) is 6.42 Å². The fourth-order valence-corrected chi connectivity index (χ4v) is 1.65. The summed E-state index contributed by atoms with van der Waals surface area (Å²) in [5, 5.41) is 0. The summed E-state index contributed by atoms with van der Waals surface area (Å²) < 4.78 is 37.6. The number of halogens is 3. The first kappa shape index (κ1) is 15.7. The Balaban J connectivity index is 2.87. The van der Waals surface area contributed by atoms with Gasteiger partial charge in [0.15, 0.2) is 5.78 Å². The van der Waals surface area contributed by atoms with Crippen molar-refractivity contribution >= 4 is 5.78 Å². The average Bonchev–Trinajstić information content (AvgIpc) is 2.26. The minimum Gasteiger partial charge on any atom is -0.321 e. The van der Waals surface area contributed by atoms with Gasteiger partial charge in [-0.25, -0.2) is 0 Å². The van der Waals surface area contributed by atoms with Crippen LogP contribution in [0.15, 0.2) is 24.3 Å². The van der Waals surface area contributed by atoms with Crippen LogP contribution in [0.3, 0.4) is 0 Å². The number of Topliss-reactive ketones (excluding diaryl/α,β-unsaturated/α-hetero) is 1. The Morgan fingerprint density at radius 1 is 1.26 bits per heavy atom. The SMILES string of the molecule is CC(C)(C)C(N)C(=O)Cc1cccc(C(F)(F)F)c1. The van der Waals surface area contributed by atoms with Gasteiger partial charge in [-0.1, -0.05) is 39.0 Å². The van der Waals surface area contributed by atoms with E-state index in [4.69, 9.17) is 5.73 Å². The van der Waals surface area contributed by atoms with E-state index < -0.39 is 23.2 Å². The minimum atomic E-state index is -4.40. The first-order chi connectivity index (χ1) is 8.51. The van der Waals surface area contributed by atoms with Gasteiger partial charge >= 0.3 is 6.18 Å². The van der Waals surface area contributed by atoms with Crippen LogP contribution in [-0.4, -0.2) is 11.8 Å². The lowest BCUT2D eigenvalue weighted by atomic mass is 9.83. The molecule has 2 nitrogen and oxygen atoms in total. The summed E-state index contributed by atoms with van der Waals surface area (Å²) in [6.45, 7) is 5.46. The molecule has 1 aromatic rings. The van der Waals surface area contributed by atoms with E-state index in [9.17, 15) is 18.0 Å². The molecular formula is C14H18F3NO. The van der Waals surface area contributed by atoms with Crippen LogP contribution < -0.4 is 5.73 Å². The van der Waals surface area contributed by atoms with Crippen molar-refractivity contribution < 1.29 is 18.0 Å². The molecule has 5 heteroatoms. The minimum absolute atomic E-state index is 0.0810. The zero-order valence-electron chi connectivity index (χ0n) is 11.2. The summed E-state index contributed by atoms with van der Waals surface area (Å²) >= 11 is 0. The van der Waals surface area contributed by atoms with Crippen LogP contribution in [0.4, 0.5) is 13.2 Å². The number of benzene rings is 1. The smallest absolute Gasteiger partial charge is 0.321 e. The molecule has 0 aliphatic heterocycles. The quantitative estimate of drug-likeness (QED) is 0.919. The summed E-state index contributed by atoms with van der Waals surface area (Å²) in [6, 6.07) is 4.09. The van der Waals surface area contributed by atoms with Gasteiger partial charge in [0.25, 0.3) is 0 Å². The van der Waals surface area contributed by atoms with Crippen LogP contribution in [0, 0.1) is 5.41 Å². The van der Waals surface area contributed by atoms with Crippen molar-refractivity contribution in [1.29, 1.82) is 0 Å². The molecule has 0 amide bonds. The van der Waals surface area contributed by atoms with E-state index in [1.54, 1.807) is 0 Å². The highest BCUT2D eigenvalue weighted by Crippen LogP contribution is 2.29. The zero-order chi connectivity index (χ0) is 14.8. The molecule has 1 atom stereocenters. The van der Waals surface area contributed by atoms with Gasteiger partial charge < -0.3 is 5.73 Å². The third kappa shape index (κ3) is 4.35. The maximum Gasteiger partial charge on any atom is 0.416 e. The van der Waals surface area contributed by atoms with Crippen molar-refractivity contribution in [3.63, 3.8) is 0 Å². The van der Waals surface area contributed by atoms with Gasteiger partial charge in [-0.2, -0.15) is 13.2 Å². The normalized spacial score (nSPS) is 14.3. The molecule has 0 aliphatic rings. The molecular weight excluding hydrogens is 255 g/mol. The van der Waals surface area contributed by atoms with Gasteiger partial charge in [0.05, 0.1) is 11.6 Å². The second-order valence-corrected chi connectivity index (χ2v) is 5.68. The Kier molecular flexibility index (Phi) is 4.40. The van der Waals surface area contributed by atoms with Gasteiger partial charge in [0.1, 0.15) is 0 Å². The molecule has 0 heterocycles. The molecule has 19 heavy (non-hydrogen) atoms. The van der Waals surface area contributed by atoms with Crippen molar-refractivity contribution in [2.24, 2.45) is 11.1 Å². The number of carbonyl (C=O) groups excluding carboxylic acids is 1. The van der Waals surface area contributed by atoms with Crippen molar-refractivity contribution in [1.82, 2.24) is 0 Å². The summed E-state index contributed by atoms with van der Waals surface area (Å²) in [5.41, 5.74) is 4.98. The molecule has 0 spiro atoms. The molecule has 1 unspecified atom stereocenters. The lowest BCUT2D eigenvalue weighted by Gasteiger charge is -2.25. The molecule has 0 fully saturated rings. The highest BCUT2D eigenvalue weighted by molar-refractivity contribution is 5.86. The van der Waals surface area contributed by atoms with E-state index in [2.05, 4.69) is 0 Å². The van der Waals surface area contributed by atoms with Gasteiger partial charge in [-0.3, -0.25) is 4.79 Å². The Morgan fingerprint density at radius 2 is 1.84 bits per heavy atom. The van der Waals surface area contributed by atoms with Gasteiger partial charge in [-0.05, 0) is 17.0 Å². The lowest BCUT2D eigenvalue weighted by molar-refractivity contribution is -0.137. The van der Waals surface area contributed by atoms with Gasteiger partial charge in [-0.15, -0.1) is 0 Å². The van der Waals surface area contributed by atoms with Crippen LogP contribution in [0.1, 0.15) is 31.9 Å². The largest absolute Gasteiger partial charge is 0.416 e. The molecule has 1 aromatic carbocycles. The Morgan fingerprint density at radius 3 is 2.32 bits per heavy atom. The highest BCUT2D eigenvalue weighted by Gasteiger charge is 2.31. The number of carbonyl (C=O) groups is 1. The number of hydrogen-bond acceptors (Lipinski definition) is 2. The predicted octanol–water partition coefficient (Wildman–Crippen LogP) is 3.19. The van der Waals surface area contributed by atoms with Crippen molar-refractivity contribution in [3.8, 4) is 0 Å². The highest BCUT2D eigenvalue weighted by atomic mass is 19.4. The third-order valence-electron chi connectivity index (χ3n) is 2.91. The van der Waals surface area contributed by atoms with Crippen molar-refractivity contribution in [3.05, 3.63) is 35.4 Å².